The van der Waals surface area contributed by atoms with E-state index < -0.39 is 0 Å². The molecule has 1 unspecified atom stereocenters. The highest BCUT2D eigenvalue weighted by atomic mass is 16.5. The van der Waals surface area contributed by atoms with Crippen molar-refractivity contribution in [1.29, 1.82) is 0 Å². The van der Waals surface area contributed by atoms with E-state index in [0.29, 0.717) is 6.61 Å². The Morgan fingerprint density at radius 2 is 2.14 bits per heavy atom. The quantitative estimate of drug-likeness (QED) is 0.795. The summed E-state index contributed by atoms with van der Waals surface area (Å²) in [5, 5.41) is 0. The fourth-order valence-electron chi connectivity index (χ4n) is 3.36. The van der Waals surface area contributed by atoms with E-state index in [4.69, 9.17) is 4.74 Å². The highest BCUT2D eigenvalue weighted by Crippen LogP contribution is 2.36. The number of carbonyl (C=O) groups excluding carboxylic acids is 1. The Kier molecular flexibility index (Phi) is 4.62. The molecule has 1 aromatic carbocycles. The van der Waals surface area contributed by atoms with Crippen LogP contribution in [0.3, 0.4) is 0 Å². The molecule has 3 heteroatoms. The minimum absolute atomic E-state index is 0.135. The Balaban J connectivity index is 1.85. The average molecular weight is 297 g/mol. The fourth-order valence-corrected chi connectivity index (χ4v) is 3.36. The van der Waals surface area contributed by atoms with E-state index in [9.17, 15) is 4.79 Å². The van der Waals surface area contributed by atoms with Gasteiger partial charge < -0.3 is 9.64 Å². The molecule has 2 aliphatic heterocycles. The van der Waals surface area contributed by atoms with E-state index in [0.717, 1.165) is 25.1 Å². The van der Waals surface area contributed by atoms with Gasteiger partial charge in [0, 0.05) is 24.7 Å². The minimum Gasteiger partial charge on any atom is -0.463 e. The van der Waals surface area contributed by atoms with Gasteiger partial charge in [0.2, 0.25) is 0 Å². The highest BCUT2D eigenvalue weighted by Gasteiger charge is 2.35. The van der Waals surface area contributed by atoms with Crippen LogP contribution >= 0.6 is 0 Å². The topological polar surface area (TPSA) is 29.5 Å². The summed E-state index contributed by atoms with van der Waals surface area (Å²) < 4.78 is 5.30. The summed E-state index contributed by atoms with van der Waals surface area (Å²) in [5.41, 5.74) is 3.27. The zero-order chi connectivity index (χ0) is 15.4. The number of nitrogens with zero attached hydrogens (tertiary/aromatic N) is 1. The normalized spacial score (nSPS) is 21.3. The third kappa shape index (κ3) is 3.08. The second-order valence-corrected chi connectivity index (χ2v) is 5.86. The van der Waals surface area contributed by atoms with Gasteiger partial charge in [-0.1, -0.05) is 42.5 Å². The van der Waals surface area contributed by atoms with Gasteiger partial charge in [-0.3, -0.25) is 0 Å². The maximum Gasteiger partial charge on any atom is 0.336 e. The van der Waals surface area contributed by atoms with Gasteiger partial charge in [0.05, 0.1) is 12.2 Å². The van der Waals surface area contributed by atoms with Crippen molar-refractivity contribution in [2.24, 2.45) is 5.92 Å². The number of benzene rings is 1. The molecule has 2 heterocycles. The Morgan fingerprint density at radius 1 is 1.32 bits per heavy atom. The van der Waals surface area contributed by atoms with Gasteiger partial charge in [-0.25, -0.2) is 4.79 Å². The second-order valence-electron chi connectivity index (χ2n) is 5.86. The van der Waals surface area contributed by atoms with Crippen LogP contribution in [0.4, 0.5) is 0 Å². The third-order valence-electron chi connectivity index (χ3n) is 4.39. The molecule has 0 spiro atoms. The molecular weight excluding hydrogens is 274 g/mol. The first-order valence-electron chi connectivity index (χ1n) is 8.18. The number of hydrogen-bond donors (Lipinski definition) is 0. The Hall–Kier alpha value is -2.03. The lowest BCUT2D eigenvalue weighted by atomic mass is 9.97. The number of ether oxygens (including phenoxy) is 1. The van der Waals surface area contributed by atoms with Crippen molar-refractivity contribution in [3.63, 3.8) is 0 Å². The summed E-state index contributed by atoms with van der Waals surface area (Å²) in [5.74, 6) is 0.0111. The van der Waals surface area contributed by atoms with Crippen molar-refractivity contribution < 1.29 is 9.53 Å². The van der Waals surface area contributed by atoms with Gasteiger partial charge in [-0.2, -0.15) is 0 Å². The molecule has 0 aromatic heterocycles. The van der Waals surface area contributed by atoms with Gasteiger partial charge in [0.25, 0.3) is 0 Å². The van der Waals surface area contributed by atoms with Crippen LogP contribution in [0.2, 0.25) is 0 Å². The lowest BCUT2D eigenvalue weighted by Crippen LogP contribution is -2.26. The molecule has 1 fully saturated rings. The molecule has 0 N–H and O–H groups in total. The predicted octanol–water partition coefficient (Wildman–Crippen LogP) is 3.63. The molecule has 116 valence electrons. The second kappa shape index (κ2) is 6.82. The first-order chi connectivity index (χ1) is 10.8. The standard InChI is InChI=1S/C19H23NO2/c1-2-22-19(21)18-16(12-11-15-8-4-3-5-9-15)14-20-13-7-6-10-17(18)20/h3-5,8-9,11-12,16H,2,6-7,10,13-14H2,1H3/b12-11+. The number of carbonyl (C=O) groups is 1. The van der Waals surface area contributed by atoms with Crippen LogP contribution in [0.15, 0.2) is 47.7 Å². The van der Waals surface area contributed by atoms with E-state index in [1.165, 1.54) is 24.1 Å². The van der Waals surface area contributed by atoms with E-state index >= 15 is 0 Å². The molecule has 0 aliphatic carbocycles. The van der Waals surface area contributed by atoms with E-state index in [-0.39, 0.29) is 11.9 Å². The number of fused-ring (bicyclic) bond motifs is 1. The van der Waals surface area contributed by atoms with Crippen LogP contribution < -0.4 is 0 Å². The molecule has 0 bridgehead atoms. The maximum atomic E-state index is 12.4. The molecule has 3 rings (SSSR count). The van der Waals surface area contributed by atoms with Gasteiger partial charge in [0.1, 0.15) is 0 Å². The van der Waals surface area contributed by atoms with Gasteiger partial charge in [0.15, 0.2) is 0 Å². The van der Waals surface area contributed by atoms with Crippen LogP contribution in [-0.2, 0) is 9.53 Å². The van der Waals surface area contributed by atoms with Gasteiger partial charge >= 0.3 is 5.97 Å². The van der Waals surface area contributed by atoms with Crippen molar-refractivity contribution in [3.05, 3.63) is 53.2 Å². The lowest BCUT2D eigenvalue weighted by Gasteiger charge is -2.27. The summed E-state index contributed by atoms with van der Waals surface area (Å²) in [6, 6.07) is 10.2. The Morgan fingerprint density at radius 3 is 2.91 bits per heavy atom. The largest absolute Gasteiger partial charge is 0.463 e. The summed E-state index contributed by atoms with van der Waals surface area (Å²) in [6.45, 7) is 4.27. The molecule has 1 saturated heterocycles. The van der Waals surface area contributed by atoms with Crippen LogP contribution in [0.1, 0.15) is 31.7 Å². The number of esters is 1. The van der Waals surface area contributed by atoms with E-state index in [1.54, 1.807) is 0 Å². The number of hydrogen-bond acceptors (Lipinski definition) is 3. The average Bonchev–Trinajstić information content (AvgIpc) is 2.92. The summed E-state index contributed by atoms with van der Waals surface area (Å²) in [6.07, 6.45) is 7.66. The summed E-state index contributed by atoms with van der Waals surface area (Å²) >= 11 is 0. The van der Waals surface area contributed by atoms with Crippen LogP contribution in [0, 0.1) is 5.92 Å². The predicted molar refractivity (Wildman–Crippen MR) is 88.0 cm³/mol. The van der Waals surface area contributed by atoms with Crippen molar-refractivity contribution in [2.75, 3.05) is 19.7 Å². The zero-order valence-electron chi connectivity index (χ0n) is 13.1. The molecule has 1 atom stereocenters. The Bertz CT molecular complexity index is 589. The highest BCUT2D eigenvalue weighted by molar-refractivity contribution is 5.91. The molecule has 2 aliphatic rings. The molecule has 22 heavy (non-hydrogen) atoms. The number of piperidine rings is 1. The monoisotopic (exact) mass is 297 g/mol. The molecule has 0 radical (unpaired) electrons. The van der Waals surface area contributed by atoms with Crippen molar-refractivity contribution >= 4 is 12.0 Å². The first-order valence-corrected chi connectivity index (χ1v) is 8.18. The van der Waals surface area contributed by atoms with Gasteiger partial charge in [-0.05, 0) is 31.7 Å². The minimum atomic E-state index is -0.135. The van der Waals surface area contributed by atoms with Crippen molar-refractivity contribution in [3.8, 4) is 0 Å². The molecule has 0 saturated carbocycles. The van der Waals surface area contributed by atoms with Crippen LogP contribution in [-0.4, -0.2) is 30.6 Å². The fraction of sp³-hybridized carbons (Fsp3) is 0.421. The molecule has 1 aromatic rings. The van der Waals surface area contributed by atoms with Crippen molar-refractivity contribution in [1.82, 2.24) is 4.90 Å². The summed E-state index contributed by atoms with van der Waals surface area (Å²) in [7, 11) is 0. The lowest BCUT2D eigenvalue weighted by molar-refractivity contribution is -0.138. The molecule has 3 nitrogen and oxygen atoms in total. The zero-order valence-corrected chi connectivity index (χ0v) is 13.1. The molecular formula is C19H23NO2. The van der Waals surface area contributed by atoms with E-state index in [2.05, 4.69) is 29.2 Å². The van der Waals surface area contributed by atoms with Crippen molar-refractivity contribution in [2.45, 2.75) is 26.2 Å². The number of rotatable bonds is 4. The van der Waals surface area contributed by atoms with Crippen LogP contribution in [0.25, 0.3) is 6.08 Å². The smallest absolute Gasteiger partial charge is 0.336 e. The SMILES string of the molecule is CCOC(=O)C1=C2CCCCN2CC1/C=C/c1ccccc1. The number of allylic oxidation sites excluding steroid dienone is 1. The van der Waals surface area contributed by atoms with Gasteiger partial charge in [-0.15, -0.1) is 0 Å². The first kappa shape index (κ1) is 14.9. The summed E-state index contributed by atoms with van der Waals surface area (Å²) in [4.78, 5) is 14.8. The Labute approximate surface area is 132 Å². The van der Waals surface area contributed by atoms with E-state index in [1.807, 2.05) is 25.1 Å². The molecule has 0 amide bonds. The third-order valence-corrected chi connectivity index (χ3v) is 4.39. The van der Waals surface area contributed by atoms with Crippen LogP contribution in [0.5, 0.6) is 0 Å². The maximum absolute atomic E-state index is 12.4.